The predicted molar refractivity (Wildman–Crippen MR) is 62.8 cm³/mol. The van der Waals surface area contributed by atoms with Gasteiger partial charge in [-0.1, -0.05) is 0 Å². The van der Waals surface area contributed by atoms with Gasteiger partial charge in [0.2, 0.25) is 6.33 Å². The molecule has 1 saturated heterocycles. The minimum absolute atomic E-state index is 0.477. The van der Waals surface area contributed by atoms with E-state index in [9.17, 15) is 24.9 Å². The van der Waals surface area contributed by atoms with Crippen LogP contribution in [0.25, 0.3) is 0 Å². The van der Waals surface area contributed by atoms with Crippen LogP contribution in [0, 0.1) is 10.1 Å². The summed E-state index contributed by atoms with van der Waals surface area (Å²) in [6.07, 6.45) is -3.32. The molecule has 4 atom stereocenters. The average Bonchev–Trinajstić information content (AvgIpc) is 2.94. The molecule has 0 radical (unpaired) electrons. The van der Waals surface area contributed by atoms with Crippen LogP contribution in [-0.4, -0.2) is 59.4 Å². The Kier molecular flexibility index (Phi) is 4.39. The molecule has 1 aliphatic rings. The molecule has 0 saturated carbocycles. The van der Waals surface area contributed by atoms with Gasteiger partial charge in [-0.05, 0) is 9.91 Å². The topological polar surface area (TPSA) is 177 Å². The summed E-state index contributed by atoms with van der Waals surface area (Å²) in [7, 11) is -4.75. The van der Waals surface area contributed by atoms with Crippen molar-refractivity contribution in [3.8, 4) is 0 Å². The van der Waals surface area contributed by atoms with E-state index in [1.807, 2.05) is 0 Å². The number of hydrogen-bond donors (Lipinski definition) is 4. The van der Waals surface area contributed by atoms with E-state index in [1.54, 1.807) is 0 Å². The summed E-state index contributed by atoms with van der Waals surface area (Å²) in [5.41, 5.74) is 0. The number of aromatic nitrogens is 2. The van der Waals surface area contributed by atoms with Crippen molar-refractivity contribution in [3.63, 3.8) is 0 Å². The Morgan fingerprint density at radius 1 is 1.48 bits per heavy atom. The minimum Gasteiger partial charge on any atom is -0.387 e. The summed E-state index contributed by atoms with van der Waals surface area (Å²) >= 11 is 0. The second-order valence-electron chi connectivity index (χ2n) is 4.27. The van der Waals surface area contributed by atoms with Crippen molar-refractivity contribution >= 4 is 13.6 Å². The third-order valence-electron chi connectivity index (χ3n) is 2.81. The minimum atomic E-state index is -4.75. The molecule has 1 aliphatic heterocycles. The Morgan fingerprint density at radius 3 is 2.67 bits per heavy atom. The van der Waals surface area contributed by atoms with Crippen LogP contribution in [0.1, 0.15) is 6.23 Å². The van der Waals surface area contributed by atoms with Crippen LogP contribution in [0.4, 0.5) is 5.82 Å². The van der Waals surface area contributed by atoms with Crippen LogP contribution in [0.3, 0.4) is 0 Å². The summed E-state index contributed by atoms with van der Waals surface area (Å²) in [4.78, 5) is 30.4. The number of aliphatic hydroxyl groups excluding tert-OH is 2. The molecule has 0 aliphatic carbocycles. The molecule has 21 heavy (non-hydrogen) atoms. The van der Waals surface area contributed by atoms with Gasteiger partial charge in [-0.2, -0.15) is 0 Å². The maximum atomic E-state index is 10.6. The number of phosphoric ester groups is 1. The highest BCUT2D eigenvalue weighted by Gasteiger charge is 2.45. The van der Waals surface area contributed by atoms with Crippen molar-refractivity contribution in [2.45, 2.75) is 24.5 Å². The van der Waals surface area contributed by atoms with Crippen molar-refractivity contribution in [3.05, 3.63) is 22.6 Å². The number of hydrogen-bond acceptors (Lipinski definition) is 8. The van der Waals surface area contributed by atoms with Crippen LogP contribution < -0.4 is 0 Å². The number of phosphoric acid groups is 1. The van der Waals surface area contributed by atoms with E-state index in [0.717, 1.165) is 17.1 Å². The molecule has 0 spiro atoms. The lowest BCUT2D eigenvalue weighted by Gasteiger charge is -2.14. The highest BCUT2D eigenvalue weighted by Crippen LogP contribution is 2.38. The maximum absolute atomic E-state index is 10.6. The third-order valence-corrected chi connectivity index (χ3v) is 3.30. The number of rotatable bonds is 5. The van der Waals surface area contributed by atoms with Crippen LogP contribution in [0.5, 0.6) is 0 Å². The van der Waals surface area contributed by atoms with Crippen molar-refractivity contribution in [2.75, 3.05) is 6.61 Å². The molecule has 0 amide bonds. The zero-order valence-electron chi connectivity index (χ0n) is 10.3. The Bertz CT molecular complexity index is 571. The molecule has 12 nitrogen and oxygen atoms in total. The lowest BCUT2D eigenvalue weighted by molar-refractivity contribution is -0.389. The molecular formula is C8H12N3O9P. The summed E-state index contributed by atoms with van der Waals surface area (Å²) in [6, 6.07) is 0. The Morgan fingerprint density at radius 2 is 2.14 bits per heavy atom. The molecule has 13 heteroatoms. The number of imidazole rings is 1. The predicted octanol–water partition coefficient (Wildman–Crippen LogP) is -1.48. The second-order valence-corrected chi connectivity index (χ2v) is 5.51. The smallest absolute Gasteiger partial charge is 0.387 e. The normalized spacial score (nSPS) is 29.7. The monoisotopic (exact) mass is 325 g/mol. The highest BCUT2D eigenvalue weighted by molar-refractivity contribution is 7.46. The van der Waals surface area contributed by atoms with Crippen LogP contribution in [0.15, 0.2) is 12.5 Å². The summed E-state index contributed by atoms with van der Waals surface area (Å²) in [5, 5.41) is 30.1. The van der Waals surface area contributed by atoms with Gasteiger partial charge in [0.15, 0.2) is 6.23 Å². The summed E-state index contributed by atoms with van der Waals surface area (Å²) < 4.78 is 21.1. The first-order chi connectivity index (χ1) is 9.69. The summed E-state index contributed by atoms with van der Waals surface area (Å²) in [5.74, 6) is -0.477. The molecule has 118 valence electrons. The summed E-state index contributed by atoms with van der Waals surface area (Å²) in [6.45, 7) is -0.657. The van der Waals surface area contributed by atoms with Gasteiger partial charge >= 0.3 is 13.6 Å². The van der Waals surface area contributed by atoms with Gasteiger partial charge in [0.1, 0.15) is 24.5 Å². The third kappa shape index (κ3) is 3.63. The molecule has 0 aromatic carbocycles. The number of ether oxygens (including phenoxy) is 1. The van der Waals surface area contributed by atoms with Gasteiger partial charge < -0.3 is 34.9 Å². The van der Waals surface area contributed by atoms with Crippen molar-refractivity contribution in [1.29, 1.82) is 0 Å². The highest BCUT2D eigenvalue weighted by atomic mass is 31.2. The lowest BCUT2D eigenvalue weighted by atomic mass is 10.1. The number of aliphatic hydroxyl groups is 2. The average molecular weight is 325 g/mol. The van der Waals surface area contributed by atoms with Gasteiger partial charge in [0.05, 0.1) is 6.61 Å². The quantitative estimate of drug-likeness (QED) is 0.283. The van der Waals surface area contributed by atoms with Crippen molar-refractivity contribution in [2.24, 2.45) is 0 Å². The fourth-order valence-corrected chi connectivity index (χ4v) is 2.18. The molecule has 4 N–H and O–H groups in total. The molecular weight excluding hydrogens is 313 g/mol. The molecule has 1 fully saturated rings. The van der Waals surface area contributed by atoms with Gasteiger partial charge in [-0.3, -0.25) is 9.09 Å². The van der Waals surface area contributed by atoms with Gasteiger partial charge in [-0.15, -0.1) is 0 Å². The van der Waals surface area contributed by atoms with Gasteiger partial charge in [-0.25, -0.2) is 4.57 Å². The fraction of sp³-hybridized carbons (Fsp3) is 0.625. The van der Waals surface area contributed by atoms with E-state index in [0.29, 0.717) is 0 Å². The van der Waals surface area contributed by atoms with Crippen LogP contribution in [0.2, 0.25) is 0 Å². The Balaban J connectivity index is 2.08. The zero-order valence-corrected chi connectivity index (χ0v) is 11.2. The zero-order chi connectivity index (χ0) is 15.8. The first-order valence-electron chi connectivity index (χ1n) is 5.58. The molecule has 2 rings (SSSR count). The van der Waals surface area contributed by atoms with Gasteiger partial charge in [0.25, 0.3) is 0 Å². The van der Waals surface area contributed by atoms with Crippen LogP contribution in [-0.2, 0) is 13.8 Å². The van der Waals surface area contributed by atoms with E-state index in [1.165, 1.54) is 0 Å². The Hall–Kier alpha value is -1.40. The van der Waals surface area contributed by atoms with Crippen LogP contribution >= 0.6 is 7.82 Å². The van der Waals surface area contributed by atoms with Crippen molar-refractivity contribution < 1.29 is 38.7 Å². The van der Waals surface area contributed by atoms with E-state index in [-0.39, 0.29) is 0 Å². The number of nitro groups is 1. The largest absolute Gasteiger partial charge is 0.469 e. The maximum Gasteiger partial charge on any atom is 0.469 e. The first-order valence-corrected chi connectivity index (χ1v) is 7.11. The first kappa shape index (κ1) is 16.0. The molecule has 1 aromatic heterocycles. The van der Waals surface area contributed by atoms with Crippen molar-refractivity contribution in [1.82, 2.24) is 9.55 Å². The Labute approximate surface area is 116 Å². The lowest BCUT2D eigenvalue weighted by Crippen LogP contribution is -2.33. The number of nitrogens with zero attached hydrogens (tertiary/aromatic N) is 3. The van der Waals surface area contributed by atoms with E-state index < -0.39 is 49.7 Å². The van der Waals surface area contributed by atoms with E-state index in [2.05, 4.69) is 9.51 Å². The van der Waals surface area contributed by atoms with E-state index in [4.69, 9.17) is 14.5 Å². The van der Waals surface area contributed by atoms with E-state index >= 15 is 0 Å². The fourth-order valence-electron chi connectivity index (χ4n) is 1.84. The molecule has 1 aromatic rings. The molecule has 2 heterocycles. The second kappa shape index (κ2) is 5.77. The van der Waals surface area contributed by atoms with Gasteiger partial charge in [0, 0.05) is 0 Å². The SMILES string of the molecule is O=[N+]([O-])c1cn([C@@H]2O[C@H](COP(=O)(O)O)[C@@H](O)[C@H]2O)cn1. The molecule has 0 bridgehead atoms. The molecule has 0 unspecified atom stereocenters. The standard InChI is InChI=1S/C8H12N3O9P/c12-6-4(2-19-21(16,17)18)20-8(7(6)13)10-1-5(9-3-10)11(14)15/h1,3-4,6-8,12-13H,2H2,(H2,16,17,18)/t4-,6-,7-,8-/m1/s1.